The average Bonchev–Trinajstić information content (AvgIpc) is 2.60. The van der Waals surface area contributed by atoms with Crippen molar-refractivity contribution in [3.63, 3.8) is 0 Å². The van der Waals surface area contributed by atoms with Crippen molar-refractivity contribution in [3.05, 3.63) is 58.7 Å². The molecule has 0 fully saturated rings. The van der Waals surface area contributed by atoms with Crippen molar-refractivity contribution in [2.24, 2.45) is 0 Å². The maximum Gasteiger partial charge on any atom is 0.249 e. The van der Waals surface area contributed by atoms with Crippen LogP contribution in [-0.4, -0.2) is 21.3 Å². The highest BCUT2D eigenvalue weighted by atomic mass is 35.5. The van der Waals surface area contributed by atoms with E-state index in [1.54, 1.807) is 18.2 Å². The fourth-order valence-corrected chi connectivity index (χ4v) is 2.67. The summed E-state index contributed by atoms with van der Waals surface area (Å²) in [6.45, 7) is 3.97. The lowest BCUT2D eigenvalue weighted by molar-refractivity contribution is 0.242. The number of anilines is 4. The molecule has 0 aliphatic rings. The van der Waals surface area contributed by atoms with E-state index in [0.717, 1.165) is 11.4 Å². The predicted octanol–water partition coefficient (Wildman–Crippen LogP) is 5.45. The molecule has 0 bridgehead atoms. The third-order valence-electron chi connectivity index (χ3n) is 3.26. The number of hydrogen-bond acceptors (Lipinski definition) is 6. The predicted molar refractivity (Wildman–Crippen MR) is 105 cm³/mol. The summed E-state index contributed by atoms with van der Waals surface area (Å²) in [5.41, 5.74) is 1.38. The van der Waals surface area contributed by atoms with E-state index in [4.69, 9.17) is 27.9 Å². The molecule has 2 aromatic carbocycles. The highest BCUT2D eigenvalue weighted by Gasteiger charge is 2.08. The van der Waals surface area contributed by atoms with Crippen LogP contribution in [0.1, 0.15) is 13.8 Å². The van der Waals surface area contributed by atoms with Gasteiger partial charge in [-0.3, -0.25) is 0 Å². The van der Waals surface area contributed by atoms with E-state index in [-0.39, 0.29) is 12.1 Å². The van der Waals surface area contributed by atoms with Gasteiger partial charge in [-0.2, -0.15) is 10.1 Å². The Kier molecular flexibility index (Phi) is 5.75. The summed E-state index contributed by atoms with van der Waals surface area (Å²) in [6, 6.07) is 12.8. The Balaban J connectivity index is 1.73. The monoisotopic (exact) mass is 389 g/mol. The molecule has 0 aliphatic carbocycles. The van der Waals surface area contributed by atoms with Crippen molar-refractivity contribution in [2.75, 3.05) is 10.6 Å². The normalized spacial score (nSPS) is 10.7. The molecule has 0 saturated heterocycles. The number of halogens is 2. The van der Waals surface area contributed by atoms with Crippen LogP contribution in [0.15, 0.2) is 48.7 Å². The molecular formula is C18H17Cl2N5O. The van der Waals surface area contributed by atoms with Gasteiger partial charge in [0.25, 0.3) is 0 Å². The lowest BCUT2D eigenvalue weighted by atomic mass is 10.3. The maximum absolute atomic E-state index is 6.15. The molecular weight excluding hydrogens is 373 g/mol. The second kappa shape index (κ2) is 8.21. The Morgan fingerprint density at radius 2 is 1.65 bits per heavy atom. The fraction of sp³-hybridized carbons (Fsp3) is 0.167. The highest BCUT2D eigenvalue weighted by molar-refractivity contribution is 6.39. The lowest BCUT2D eigenvalue weighted by Crippen LogP contribution is -2.05. The Morgan fingerprint density at radius 1 is 0.962 bits per heavy atom. The molecule has 0 unspecified atom stereocenters. The average molecular weight is 390 g/mol. The van der Waals surface area contributed by atoms with Gasteiger partial charge in [-0.15, -0.1) is 5.10 Å². The first-order valence-electron chi connectivity index (χ1n) is 7.96. The first kappa shape index (κ1) is 18.2. The van der Waals surface area contributed by atoms with Crippen molar-refractivity contribution < 1.29 is 4.74 Å². The molecule has 0 aliphatic heterocycles. The topological polar surface area (TPSA) is 72.0 Å². The van der Waals surface area contributed by atoms with Gasteiger partial charge in [0.05, 0.1) is 28.0 Å². The zero-order valence-corrected chi connectivity index (χ0v) is 15.7. The molecule has 0 amide bonds. The fourth-order valence-electron chi connectivity index (χ4n) is 2.18. The van der Waals surface area contributed by atoms with E-state index in [1.807, 2.05) is 38.1 Å². The van der Waals surface area contributed by atoms with Crippen LogP contribution in [-0.2, 0) is 0 Å². The molecule has 8 heteroatoms. The second-order valence-corrected chi connectivity index (χ2v) is 6.52. The van der Waals surface area contributed by atoms with E-state index in [1.165, 1.54) is 6.20 Å². The van der Waals surface area contributed by atoms with Gasteiger partial charge >= 0.3 is 0 Å². The van der Waals surface area contributed by atoms with E-state index < -0.39 is 0 Å². The molecule has 0 radical (unpaired) electrons. The van der Waals surface area contributed by atoms with E-state index in [0.29, 0.717) is 21.6 Å². The number of rotatable bonds is 6. The summed E-state index contributed by atoms with van der Waals surface area (Å²) in [7, 11) is 0. The van der Waals surface area contributed by atoms with Gasteiger partial charge in [-0.1, -0.05) is 29.3 Å². The van der Waals surface area contributed by atoms with Crippen LogP contribution in [0.5, 0.6) is 5.75 Å². The van der Waals surface area contributed by atoms with E-state index in [2.05, 4.69) is 25.8 Å². The maximum atomic E-state index is 6.15. The minimum atomic E-state index is 0.130. The number of nitrogens with one attached hydrogen (secondary N) is 2. The minimum Gasteiger partial charge on any atom is -0.491 e. The molecule has 134 valence electrons. The summed E-state index contributed by atoms with van der Waals surface area (Å²) in [6.07, 6.45) is 1.66. The van der Waals surface area contributed by atoms with Gasteiger partial charge in [0.2, 0.25) is 5.95 Å². The molecule has 0 saturated carbocycles. The van der Waals surface area contributed by atoms with E-state index in [9.17, 15) is 0 Å². The van der Waals surface area contributed by atoms with Crippen molar-refractivity contribution >= 4 is 46.3 Å². The van der Waals surface area contributed by atoms with Crippen molar-refractivity contribution in [3.8, 4) is 5.75 Å². The van der Waals surface area contributed by atoms with Gasteiger partial charge in [0.15, 0.2) is 5.82 Å². The summed E-state index contributed by atoms with van der Waals surface area (Å²) in [5.74, 6) is 1.62. The molecule has 1 heterocycles. The summed E-state index contributed by atoms with van der Waals surface area (Å²) < 4.78 is 5.63. The van der Waals surface area contributed by atoms with Crippen molar-refractivity contribution in [1.82, 2.24) is 15.2 Å². The largest absolute Gasteiger partial charge is 0.491 e. The standard InChI is InChI=1S/C18H17Cl2N5O/c1-11(2)26-13-8-6-12(7-9-13)22-16-10-21-25-18(23-16)24-17-14(19)4-3-5-15(17)20/h3-11H,1-2H3,(H2,22,23,24,25). The molecule has 3 rings (SSSR count). The smallest absolute Gasteiger partial charge is 0.249 e. The molecule has 0 atom stereocenters. The highest BCUT2D eigenvalue weighted by Crippen LogP contribution is 2.31. The zero-order valence-electron chi connectivity index (χ0n) is 14.2. The number of ether oxygens (including phenoxy) is 1. The van der Waals surface area contributed by atoms with Gasteiger partial charge in [0, 0.05) is 5.69 Å². The van der Waals surface area contributed by atoms with Crippen LogP contribution in [0.4, 0.5) is 23.1 Å². The van der Waals surface area contributed by atoms with Crippen LogP contribution in [0.2, 0.25) is 10.0 Å². The van der Waals surface area contributed by atoms with Gasteiger partial charge < -0.3 is 15.4 Å². The third kappa shape index (κ3) is 4.74. The van der Waals surface area contributed by atoms with Crippen LogP contribution >= 0.6 is 23.2 Å². The zero-order chi connectivity index (χ0) is 18.5. The third-order valence-corrected chi connectivity index (χ3v) is 3.89. The number of hydrogen-bond donors (Lipinski definition) is 2. The minimum absolute atomic E-state index is 0.130. The van der Waals surface area contributed by atoms with Crippen LogP contribution in [0, 0.1) is 0 Å². The summed E-state index contributed by atoms with van der Waals surface area (Å²) >= 11 is 12.3. The van der Waals surface area contributed by atoms with Crippen LogP contribution < -0.4 is 15.4 Å². The van der Waals surface area contributed by atoms with Gasteiger partial charge in [0.1, 0.15) is 5.75 Å². The number of para-hydroxylation sites is 1. The van der Waals surface area contributed by atoms with E-state index >= 15 is 0 Å². The first-order chi connectivity index (χ1) is 12.5. The van der Waals surface area contributed by atoms with Crippen LogP contribution in [0.3, 0.4) is 0 Å². The van der Waals surface area contributed by atoms with Crippen molar-refractivity contribution in [2.45, 2.75) is 20.0 Å². The summed E-state index contributed by atoms with van der Waals surface area (Å²) in [4.78, 5) is 4.37. The molecule has 1 aromatic heterocycles. The Morgan fingerprint density at radius 3 is 2.31 bits per heavy atom. The van der Waals surface area contributed by atoms with Crippen LogP contribution in [0.25, 0.3) is 0 Å². The molecule has 0 spiro atoms. The molecule has 26 heavy (non-hydrogen) atoms. The Bertz CT molecular complexity index is 867. The molecule has 3 aromatic rings. The summed E-state index contributed by atoms with van der Waals surface area (Å²) in [5, 5.41) is 15.0. The molecule has 6 nitrogen and oxygen atoms in total. The lowest BCUT2D eigenvalue weighted by Gasteiger charge is -2.11. The SMILES string of the molecule is CC(C)Oc1ccc(Nc2cnnc(Nc3c(Cl)cccc3Cl)n2)cc1. The Labute approximate surface area is 161 Å². The number of benzene rings is 2. The van der Waals surface area contributed by atoms with Gasteiger partial charge in [-0.05, 0) is 50.2 Å². The first-order valence-corrected chi connectivity index (χ1v) is 8.71. The number of nitrogens with zero attached hydrogens (tertiary/aromatic N) is 3. The molecule has 2 N–H and O–H groups in total. The van der Waals surface area contributed by atoms with Crippen molar-refractivity contribution in [1.29, 1.82) is 0 Å². The number of aromatic nitrogens is 3. The second-order valence-electron chi connectivity index (χ2n) is 5.70. The van der Waals surface area contributed by atoms with Gasteiger partial charge in [-0.25, -0.2) is 0 Å². The Hall–Kier alpha value is -2.57. The quantitative estimate of drug-likeness (QED) is 0.583.